The first-order valence-electron chi connectivity index (χ1n) is 7.35. The van der Waals surface area contributed by atoms with Gasteiger partial charge in [0.05, 0.1) is 0 Å². The van der Waals surface area contributed by atoms with Gasteiger partial charge in [-0.3, -0.25) is 0 Å². The summed E-state index contributed by atoms with van der Waals surface area (Å²) in [4.78, 5) is 12.7. The monoisotopic (exact) mass is 314 g/mol. The van der Waals surface area contributed by atoms with Crippen molar-refractivity contribution in [2.75, 3.05) is 0 Å². The van der Waals surface area contributed by atoms with Crippen LogP contribution < -0.4 is 0 Å². The van der Waals surface area contributed by atoms with Crippen LogP contribution in [-0.4, -0.2) is 20.8 Å². The lowest BCUT2D eigenvalue weighted by atomic mass is 9.86. The van der Waals surface area contributed by atoms with Crippen molar-refractivity contribution in [2.24, 2.45) is 0 Å². The molecule has 0 radical (unpaired) electrons. The van der Waals surface area contributed by atoms with Gasteiger partial charge in [-0.25, -0.2) is 4.79 Å². The predicted molar refractivity (Wildman–Crippen MR) is 90.2 cm³/mol. The van der Waals surface area contributed by atoms with Crippen LogP contribution in [0.3, 0.4) is 0 Å². The molecular formula is C18H22O3Si. The Morgan fingerprint density at radius 2 is 1.32 bits per heavy atom. The van der Waals surface area contributed by atoms with Crippen molar-refractivity contribution in [1.82, 2.24) is 0 Å². The topological polar surface area (TPSA) is 46.5 Å². The molecule has 4 heteroatoms. The SMILES string of the molecule is CC(C)(C)[SiH2]OC(=O)C(O)(c1ccccc1)c1ccccc1. The minimum atomic E-state index is -1.76. The number of aliphatic hydroxyl groups is 1. The molecule has 2 aromatic carbocycles. The second kappa shape index (κ2) is 6.46. The third kappa shape index (κ3) is 3.64. The molecule has 0 atom stereocenters. The summed E-state index contributed by atoms with van der Waals surface area (Å²) in [7, 11) is -1.10. The van der Waals surface area contributed by atoms with E-state index in [1.54, 1.807) is 48.5 Å². The van der Waals surface area contributed by atoms with E-state index in [4.69, 9.17) is 4.43 Å². The van der Waals surface area contributed by atoms with Gasteiger partial charge >= 0.3 is 5.97 Å². The number of hydrogen-bond donors (Lipinski definition) is 1. The largest absolute Gasteiger partial charge is 0.522 e. The summed E-state index contributed by atoms with van der Waals surface area (Å²) in [6.45, 7) is 6.11. The molecule has 0 spiro atoms. The van der Waals surface area contributed by atoms with Crippen LogP contribution in [0.4, 0.5) is 0 Å². The third-order valence-electron chi connectivity index (χ3n) is 3.31. The smallest absolute Gasteiger partial charge is 0.334 e. The van der Waals surface area contributed by atoms with Gasteiger partial charge in [0, 0.05) is 0 Å². The molecule has 2 rings (SSSR count). The second-order valence-electron chi connectivity index (χ2n) is 6.58. The normalized spacial score (nSPS) is 12.5. The van der Waals surface area contributed by atoms with E-state index in [0.29, 0.717) is 11.1 Å². The van der Waals surface area contributed by atoms with Gasteiger partial charge in [-0.15, -0.1) is 0 Å². The molecule has 3 nitrogen and oxygen atoms in total. The first-order valence-corrected chi connectivity index (χ1v) is 8.63. The number of benzene rings is 2. The molecule has 2 aromatic rings. The van der Waals surface area contributed by atoms with Crippen LogP contribution in [-0.2, 0) is 14.8 Å². The zero-order valence-corrected chi connectivity index (χ0v) is 14.7. The van der Waals surface area contributed by atoms with Gasteiger partial charge in [-0.05, 0) is 16.2 Å². The van der Waals surface area contributed by atoms with Crippen LogP contribution in [0.2, 0.25) is 5.04 Å². The van der Waals surface area contributed by atoms with Gasteiger partial charge in [0.25, 0.3) is 0 Å². The Morgan fingerprint density at radius 1 is 0.909 bits per heavy atom. The van der Waals surface area contributed by atoms with Crippen LogP contribution in [0.25, 0.3) is 0 Å². The van der Waals surface area contributed by atoms with Crippen molar-refractivity contribution in [3.8, 4) is 0 Å². The lowest BCUT2D eigenvalue weighted by molar-refractivity contribution is -0.152. The van der Waals surface area contributed by atoms with Crippen LogP contribution in [0.5, 0.6) is 0 Å². The fraction of sp³-hybridized carbons (Fsp3) is 0.278. The van der Waals surface area contributed by atoms with Gasteiger partial charge < -0.3 is 9.53 Å². The zero-order valence-electron chi connectivity index (χ0n) is 13.2. The van der Waals surface area contributed by atoms with E-state index in [2.05, 4.69) is 0 Å². The Hall–Kier alpha value is -1.91. The molecule has 0 heterocycles. The Morgan fingerprint density at radius 3 is 1.68 bits per heavy atom. The van der Waals surface area contributed by atoms with Crippen molar-refractivity contribution in [2.45, 2.75) is 31.4 Å². The van der Waals surface area contributed by atoms with Gasteiger partial charge in [0.15, 0.2) is 0 Å². The van der Waals surface area contributed by atoms with Gasteiger partial charge in [-0.1, -0.05) is 81.4 Å². The molecule has 0 aliphatic heterocycles. The maximum absolute atomic E-state index is 12.7. The first kappa shape index (κ1) is 16.5. The molecule has 0 fully saturated rings. The van der Waals surface area contributed by atoms with E-state index < -0.39 is 21.3 Å². The van der Waals surface area contributed by atoms with Crippen molar-refractivity contribution in [3.05, 3.63) is 71.8 Å². The Kier molecular flexibility index (Phi) is 4.83. The third-order valence-corrected chi connectivity index (χ3v) is 4.59. The Bertz CT molecular complexity index is 578. The molecule has 0 aromatic heterocycles. The first-order chi connectivity index (χ1) is 10.3. The lowest BCUT2D eigenvalue weighted by Gasteiger charge is -2.29. The minimum absolute atomic E-state index is 0.0239. The highest BCUT2D eigenvalue weighted by Gasteiger charge is 2.41. The van der Waals surface area contributed by atoms with Crippen molar-refractivity contribution < 1.29 is 14.3 Å². The summed E-state index contributed by atoms with van der Waals surface area (Å²) >= 11 is 0. The molecule has 0 bridgehead atoms. The minimum Gasteiger partial charge on any atom is -0.522 e. The van der Waals surface area contributed by atoms with E-state index in [9.17, 15) is 9.90 Å². The zero-order chi connectivity index (χ0) is 16.2. The van der Waals surface area contributed by atoms with E-state index >= 15 is 0 Å². The lowest BCUT2D eigenvalue weighted by Crippen LogP contribution is -2.40. The quantitative estimate of drug-likeness (QED) is 0.883. The van der Waals surface area contributed by atoms with Gasteiger partial charge in [0.2, 0.25) is 15.4 Å². The number of hydrogen-bond acceptors (Lipinski definition) is 3. The Labute approximate surface area is 133 Å². The molecular weight excluding hydrogens is 292 g/mol. The maximum Gasteiger partial charge on any atom is 0.334 e. The van der Waals surface area contributed by atoms with Crippen LogP contribution in [0.15, 0.2) is 60.7 Å². The molecule has 0 saturated carbocycles. The molecule has 1 N–H and O–H groups in total. The summed E-state index contributed by atoms with van der Waals surface area (Å²) in [5, 5.41) is 11.1. The van der Waals surface area contributed by atoms with E-state index in [1.807, 2.05) is 32.9 Å². The molecule has 116 valence electrons. The molecule has 22 heavy (non-hydrogen) atoms. The van der Waals surface area contributed by atoms with E-state index in [0.717, 1.165) is 0 Å². The standard InChI is InChI=1S/C18H22O3Si/c1-17(2,3)22-21-16(19)18(20,14-10-6-4-7-11-14)15-12-8-5-9-13-15/h4-13,20H,22H2,1-3H3. The van der Waals surface area contributed by atoms with Crippen LogP contribution >= 0.6 is 0 Å². The maximum atomic E-state index is 12.7. The summed E-state index contributed by atoms with van der Waals surface area (Å²) in [6.07, 6.45) is 0. The summed E-state index contributed by atoms with van der Waals surface area (Å²) < 4.78 is 5.53. The van der Waals surface area contributed by atoms with Crippen molar-refractivity contribution in [1.29, 1.82) is 0 Å². The van der Waals surface area contributed by atoms with E-state index in [1.165, 1.54) is 0 Å². The predicted octanol–water partition coefficient (Wildman–Crippen LogP) is 2.77. The highest BCUT2D eigenvalue weighted by atomic mass is 28.2. The fourth-order valence-corrected chi connectivity index (χ4v) is 2.92. The molecule has 0 amide bonds. The average molecular weight is 314 g/mol. The summed E-state index contributed by atoms with van der Waals surface area (Å²) in [5.74, 6) is -0.591. The van der Waals surface area contributed by atoms with Gasteiger partial charge in [0.1, 0.15) is 0 Å². The summed E-state index contributed by atoms with van der Waals surface area (Å²) in [6, 6.07) is 17.9. The number of rotatable bonds is 4. The van der Waals surface area contributed by atoms with Gasteiger partial charge in [-0.2, -0.15) is 0 Å². The molecule has 0 saturated heterocycles. The molecule has 0 aliphatic rings. The molecule has 0 aliphatic carbocycles. The number of carbonyl (C=O) groups is 1. The van der Waals surface area contributed by atoms with E-state index in [-0.39, 0.29) is 5.04 Å². The fourth-order valence-electron chi connectivity index (χ4n) is 2.15. The average Bonchev–Trinajstić information content (AvgIpc) is 2.52. The molecule has 0 unspecified atom stereocenters. The van der Waals surface area contributed by atoms with Crippen molar-refractivity contribution >= 4 is 15.7 Å². The Balaban J connectivity index is 2.41. The second-order valence-corrected chi connectivity index (χ2v) is 9.28. The van der Waals surface area contributed by atoms with Crippen molar-refractivity contribution in [3.63, 3.8) is 0 Å². The van der Waals surface area contributed by atoms with Crippen LogP contribution in [0, 0.1) is 0 Å². The number of carbonyl (C=O) groups excluding carboxylic acids is 1. The highest BCUT2D eigenvalue weighted by molar-refractivity contribution is 6.35. The summed E-state index contributed by atoms with van der Waals surface area (Å²) in [5.41, 5.74) is -0.718. The van der Waals surface area contributed by atoms with Crippen LogP contribution in [0.1, 0.15) is 31.9 Å². The highest BCUT2D eigenvalue weighted by Crippen LogP contribution is 2.32.